The highest BCUT2D eigenvalue weighted by Gasteiger charge is 2.40. The van der Waals surface area contributed by atoms with E-state index in [0.29, 0.717) is 25.9 Å². The lowest BCUT2D eigenvalue weighted by molar-refractivity contribution is -0.141. The van der Waals surface area contributed by atoms with Crippen LogP contribution < -0.4 is 31.9 Å². The summed E-state index contributed by atoms with van der Waals surface area (Å²) in [5, 5.41) is 18.0. The Balaban J connectivity index is 1.05. The second kappa shape index (κ2) is 20.5. The number of likely N-dealkylation sites (N-methyl/N-ethyl adjacent to an activating group) is 2. The van der Waals surface area contributed by atoms with Crippen LogP contribution in [0.5, 0.6) is 0 Å². The molecule has 0 saturated carbocycles. The lowest BCUT2D eigenvalue weighted by atomic mass is 9.81. The van der Waals surface area contributed by atoms with E-state index in [-0.39, 0.29) is 47.5 Å². The topological polar surface area (TPSA) is 181 Å². The molecule has 342 valence electrons. The summed E-state index contributed by atoms with van der Waals surface area (Å²) in [7, 11) is 3.38. The average molecular weight is 875 g/mol. The molecule has 4 unspecified atom stereocenters. The molecule has 3 aromatic rings. The van der Waals surface area contributed by atoms with E-state index in [1.54, 1.807) is 51.6 Å². The molecule has 2 saturated heterocycles. The minimum Gasteiger partial charge on any atom is -0.347 e. The highest BCUT2D eigenvalue weighted by atomic mass is 16.2. The van der Waals surface area contributed by atoms with Gasteiger partial charge in [0.25, 0.3) is 0 Å². The first-order valence-electron chi connectivity index (χ1n) is 23.3. The molecule has 14 heteroatoms. The van der Waals surface area contributed by atoms with E-state index < -0.39 is 36.3 Å². The van der Waals surface area contributed by atoms with E-state index in [4.69, 9.17) is 0 Å². The Hall–Kier alpha value is -5.60. The third-order valence-electron chi connectivity index (χ3n) is 13.9. The number of amides is 6. The van der Waals surface area contributed by atoms with Crippen molar-refractivity contribution in [2.24, 2.45) is 0 Å². The molecule has 2 aliphatic carbocycles. The van der Waals surface area contributed by atoms with Gasteiger partial charge in [-0.2, -0.15) is 0 Å². The quantitative estimate of drug-likeness (QED) is 0.139. The molecule has 8 atom stereocenters. The first kappa shape index (κ1) is 46.4. The number of fused-ring (bicyclic) bond motifs is 2. The zero-order chi connectivity index (χ0) is 45.7. The smallest absolute Gasteiger partial charge is 0.245 e. The second-order valence-electron chi connectivity index (χ2n) is 18.1. The zero-order valence-electron chi connectivity index (χ0n) is 38.2. The van der Waals surface area contributed by atoms with Gasteiger partial charge >= 0.3 is 0 Å². The monoisotopic (exact) mass is 875 g/mol. The van der Waals surface area contributed by atoms with Gasteiger partial charge in [0.15, 0.2) is 0 Å². The number of benzene rings is 3. The predicted octanol–water partition coefficient (Wildman–Crippen LogP) is 4.22. The molecule has 6 amide bonds. The van der Waals surface area contributed by atoms with Crippen LogP contribution in [-0.2, 0) is 41.6 Å². The number of nitrogens with one attached hydrogen (secondary N) is 6. The number of hydrogen-bond acceptors (Lipinski definition) is 8. The molecule has 64 heavy (non-hydrogen) atoms. The summed E-state index contributed by atoms with van der Waals surface area (Å²) in [6.07, 6.45) is 7.78. The van der Waals surface area contributed by atoms with Crippen LogP contribution in [0.3, 0.4) is 0 Å². The van der Waals surface area contributed by atoms with Crippen molar-refractivity contribution < 1.29 is 28.8 Å². The van der Waals surface area contributed by atoms with E-state index in [1.807, 2.05) is 0 Å². The Morgan fingerprint density at radius 2 is 0.938 bits per heavy atom. The fourth-order valence-electron chi connectivity index (χ4n) is 10.1. The number of likely N-dealkylation sites (tertiary alicyclic amines) is 2. The largest absolute Gasteiger partial charge is 0.347 e. The highest BCUT2D eigenvalue weighted by Crippen LogP contribution is 2.40. The molecule has 0 spiro atoms. The maximum absolute atomic E-state index is 13.9. The van der Waals surface area contributed by atoms with Crippen molar-refractivity contribution in [3.63, 3.8) is 0 Å². The Bertz CT molecular complexity index is 2100. The lowest BCUT2D eigenvalue weighted by Crippen LogP contribution is -2.54. The maximum atomic E-state index is 13.9. The number of rotatable bonds is 14. The van der Waals surface area contributed by atoms with Gasteiger partial charge < -0.3 is 41.7 Å². The number of carbonyl (C=O) groups is 6. The number of nitrogens with zero attached hydrogens (tertiary/aromatic N) is 2. The minimum atomic E-state index is -0.745. The van der Waals surface area contributed by atoms with E-state index in [0.717, 1.165) is 84.7 Å². The van der Waals surface area contributed by atoms with Crippen LogP contribution in [-0.4, -0.2) is 109 Å². The van der Waals surface area contributed by atoms with E-state index >= 15 is 0 Å². The molecule has 2 fully saturated rings. The van der Waals surface area contributed by atoms with Crippen LogP contribution in [0.2, 0.25) is 0 Å². The summed E-state index contributed by atoms with van der Waals surface area (Å²) in [5.41, 5.74) is 9.07. The van der Waals surface area contributed by atoms with E-state index in [9.17, 15) is 28.8 Å². The van der Waals surface area contributed by atoms with Gasteiger partial charge in [0, 0.05) is 13.1 Å². The Labute approximate surface area is 377 Å². The predicted molar refractivity (Wildman–Crippen MR) is 247 cm³/mol. The Kier molecular flexibility index (Phi) is 14.9. The van der Waals surface area contributed by atoms with Gasteiger partial charge in [-0.15, -0.1) is 0 Å². The van der Waals surface area contributed by atoms with Crippen LogP contribution in [0.4, 0.5) is 0 Å². The SMILES string of the molecule is CNC(C)C(=O)NC(C)C(=O)N1CCC[C@H]1C(=O)N[C@@H]1CCCc2c(-c3cccc(-c4cccc5c4CCC[C@H]5NC(=O)[C@@H]4CCCN4C(=O)C(C)NC(=O)C(C)NC)c3)cccc21. The second-order valence-corrected chi connectivity index (χ2v) is 18.1. The summed E-state index contributed by atoms with van der Waals surface area (Å²) in [6, 6.07) is 17.3. The molecule has 0 bridgehead atoms. The van der Waals surface area contributed by atoms with Crippen molar-refractivity contribution in [2.45, 2.75) is 140 Å². The first-order chi connectivity index (χ1) is 30.8. The average Bonchev–Trinajstić information content (AvgIpc) is 4.02. The first-order valence-corrected chi connectivity index (χ1v) is 23.3. The van der Waals surface area contributed by atoms with Crippen LogP contribution in [0.15, 0.2) is 60.7 Å². The van der Waals surface area contributed by atoms with E-state index in [2.05, 4.69) is 92.6 Å². The molecule has 0 radical (unpaired) electrons. The molecule has 3 aromatic carbocycles. The van der Waals surface area contributed by atoms with Gasteiger partial charge in [0.2, 0.25) is 35.4 Å². The van der Waals surface area contributed by atoms with Gasteiger partial charge in [-0.05, 0) is 157 Å². The molecular formula is C50H66N8O6. The molecule has 14 nitrogen and oxygen atoms in total. The van der Waals surface area contributed by atoms with Gasteiger partial charge in [0.1, 0.15) is 24.2 Å². The summed E-state index contributed by atoms with van der Waals surface area (Å²) in [6.45, 7) is 7.75. The third-order valence-corrected chi connectivity index (χ3v) is 13.9. The van der Waals surface area contributed by atoms with Crippen LogP contribution in [0.25, 0.3) is 22.3 Å². The highest BCUT2D eigenvalue weighted by molar-refractivity contribution is 5.94. The van der Waals surface area contributed by atoms with Gasteiger partial charge in [0.05, 0.1) is 24.2 Å². The van der Waals surface area contributed by atoms with Crippen LogP contribution >= 0.6 is 0 Å². The number of carbonyl (C=O) groups excluding carboxylic acids is 6. The van der Waals surface area contributed by atoms with Gasteiger partial charge in [-0.3, -0.25) is 28.8 Å². The van der Waals surface area contributed by atoms with Gasteiger partial charge in [-0.1, -0.05) is 54.6 Å². The van der Waals surface area contributed by atoms with Crippen LogP contribution in [0.1, 0.15) is 113 Å². The fraction of sp³-hybridized carbons (Fsp3) is 0.520. The van der Waals surface area contributed by atoms with Crippen molar-refractivity contribution in [2.75, 3.05) is 27.2 Å². The molecule has 2 aliphatic heterocycles. The normalized spacial score (nSPS) is 22.3. The lowest BCUT2D eigenvalue weighted by Gasteiger charge is -2.32. The molecule has 6 N–H and O–H groups in total. The van der Waals surface area contributed by atoms with Gasteiger partial charge in [-0.25, -0.2) is 0 Å². The standard InChI is InChI=1S/C50H66N8O6/c1-29(51-5)45(59)53-31(3)49(63)57-26-12-24-43(57)47(61)55-41-22-10-18-37-35(16-8-20-39(37)41)33-14-7-15-34(28-33)36-17-9-21-40-38(36)19-11-23-42(40)56-48(62)44-25-13-27-58(44)50(64)32(4)54-46(60)30(2)52-6/h7-9,14-17,20-21,28-32,41-44,51-52H,10-13,18-19,22-27H2,1-6H3,(H,53,59)(H,54,60)(H,55,61)(H,56,62)/t29?,30?,31?,32?,41-,42-,43+,44+/m1/s1. The van der Waals surface area contributed by atoms with Crippen LogP contribution in [0, 0.1) is 0 Å². The number of hydrogen-bond donors (Lipinski definition) is 6. The zero-order valence-corrected chi connectivity index (χ0v) is 38.2. The van der Waals surface area contributed by atoms with Crippen molar-refractivity contribution in [1.82, 2.24) is 41.7 Å². The van der Waals surface area contributed by atoms with Crippen molar-refractivity contribution in [3.8, 4) is 22.3 Å². The minimum absolute atomic E-state index is 0.161. The summed E-state index contributed by atoms with van der Waals surface area (Å²) < 4.78 is 0. The fourth-order valence-corrected chi connectivity index (χ4v) is 10.1. The molecule has 0 aromatic heterocycles. The molecule has 7 rings (SSSR count). The molecular weight excluding hydrogens is 809 g/mol. The Morgan fingerprint density at radius 1 is 0.531 bits per heavy atom. The maximum Gasteiger partial charge on any atom is 0.245 e. The molecule has 4 aliphatic rings. The van der Waals surface area contributed by atoms with Crippen molar-refractivity contribution in [3.05, 3.63) is 82.9 Å². The Morgan fingerprint density at radius 3 is 1.34 bits per heavy atom. The van der Waals surface area contributed by atoms with E-state index in [1.165, 1.54) is 11.1 Å². The summed E-state index contributed by atoms with van der Waals surface area (Å²) in [4.78, 5) is 83.0. The third kappa shape index (κ3) is 9.87. The van der Waals surface area contributed by atoms with Crippen molar-refractivity contribution >= 4 is 35.4 Å². The molecule has 2 heterocycles. The summed E-state index contributed by atoms with van der Waals surface area (Å²) in [5.74, 6) is -1.35. The summed E-state index contributed by atoms with van der Waals surface area (Å²) >= 11 is 0. The van der Waals surface area contributed by atoms with Crippen molar-refractivity contribution in [1.29, 1.82) is 0 Å².